The van der Waals surface area contributed by atoms with E-state index in [1.807, 2.05) is 13.8 Å². The number of benzene rings is 2. The minimum Gasteiger partial charge on any atom is -0.490 e. The normalized spacial score (nSPS) is 14.0. The maximum absolute atomic E-state index is 12.7. The summed E-state index contributed by atoms with van der Waals surface area (Å²) in [5, 5.41) is 6.03. The molecule has 0 heterocycles. The molecule has 0 spiro atoms. The maximum atomic E-state index is 12.7. The number of amides is 2. The number of nitrogens with zero attached hydrogens (tertiary/aromatic N) is 1. The van der Waals surface area contributed by atoms with Gasteiger partial charge in [-0.3, -0.25) is 14.5 Å². The van der Waals surface area contributed by atoms with Crippen LogP contribution in [0.15, 0.2) is 42.5 Å². The number of ether oxygens (including phenoxy) is 2. The Hall–Kier alpha value is -3.06. The number of likely N-dealkylation sites (N-methyl/N-ethyl adjacent to an activating group) is 1. The number of carbonyl (C=O) groups excluding carboxylic acids is 2. The molecular formula is C26H35N3O4. The van der Waals surface area contributed by atoms with Crippen LogP contribution < -0.4 is 20.1 Å². The Bertz CT molecular complexity index is 941. The lowest BCUT2D eigenvalue weighted by molar-refractivity contribution is -0.123. The van der Waals surface area contributed by atoms with Gasteiger partial charge in [-0.25, -0.2) is 0 Å². The maximum Gasteiger partial charge on any atom is 0.238 e. The van der Waals surface area contributed by atoms with E-state index in [1.54, 1.807) is 30.1 Å². The highest BCUT2D eigenvalue weighted by atomic mass is 16.5. The van der Waals surface area contributed by atoms with Crippen LogP contribution in [-0.2, 0) is 9.59 Å². The van der Waals surface area contributed by atoms with Crippen molar-refractivity contribution in [2.24, 2.45) is 5.92 Å². The molecule has 33 heavy (non-hydrogen) atoms. The van der Waals surface area contributed by atoms with Gasteiger partial charge in [-0.1, -0.05) is 29.8 Å². The van der Waals surface area contributed by atoms with Gasteiger partial charge in [-0.05, 0) is 64.3 Å². The molecule has 1 aliphatic carbocycles. The third-order valence-corrected chi connectivity index (χ3v) is 5.50. The van der Waals surface area contributed by atoms with Crippen LogP contribution in [0.4, 0.5) is 5.69 Å². The van der Waals surface area contributed by atoms with Crippen molar-refractivity contribution in [1.82, 2.24) is 10.2 Å². The molecule has 2 aromatic rings. The first-order valence-corrected chi connectivity index (χ1v) is 11.6. The minimum atomic E-state index is -0.200. The smallest absolute Gasteiger partial charge is 0.238 e. The monoisotopic (exact) mass is 453 g/mol. The highest BCUT2D eigenvalue weighted by Crippen LogP contribution is 2.41. The van der Waals surface area contributed by atoms with Crippen LogP contribution in [0.5, 0.6) is 11.5 Å². The van der Waals surface area contributed by atoms with E-state index in [4.69, 9.17) is 9.47 Å². The van der Waals surface area contributed by atoms with Crippen LogP contribution in [0.1, 0.15) is 43.9 Å². The number of rotatable bonds is 12. The topological polar surface area (TPSA) is 79.9 Å². The largest absolute Gasteiger partial charge is 0.490 e. The van der Waals surface area contributed by atoms with Gasteiger partial charge in [-0.2, -0.15) is 0 Å². The fraction of sp³-hybridized carbons (Fsp3) is 0.462. The Labute approximate surface area is 196 Å². The fourth-order valence-electron chi connectivity index (χ4n) is 3.77. The number of nitrogens with one attached hydrogen (secondary N) is 2. The lowest BCUT2D eigenvalue weighted by atomic mass is 10.0. The molecule has 0 bridgehead atoms. The number of carbonyl (C=O) groups is 2. The molecule has 2 amide bonds. The molecule has 7 nitrogen and oxygen atoms in total. The van der Waals surface area contributed by atoms with Gasteiger partial charge >= 0.3 is 0 Å². The average Bonchev–Trinajstić information content (AvgIpc) is 3.60. The lowest BCUT2D eigenvalue weighted by Crippen LogP contribution is -2.40. The number of anilines is 1. The predicted molar refractivity (Wildman–Crippen MR) is 130 cm³/mol. The molecule has 0 aromatic heterocycles. The molecule has 1 aliphatic rings. The second kappa shape index (κ2) is 11.7. The summed E-state index contributed by atoms with van der Waals surface area (Å²) >= 11 is 0. The van der Waals surface area contributed by atoms with Crippen LogP contribution in [0.3, 0.4) is 0 Å². The van der Waals surface area contributed by atoms with E-state index < -0.39 is 0 Å². The molecule has 2 aromatic carbocycles. The lowest BCUT2D eigenvalue weighted by Gasteiger charge is -2.22. The highest BCUT2D eigenvalue weighted by Gasteiger charge is 2.33. The first kappa shape index (κ1) is 24.6. The first-order valence-electron chi connectivity index (χ1n) is 11.6. The zero-order valence-corrected chi connectivity index (χ0v) is 20.0. The van der Waals surface area contributed by atoms with E-state index in [0.717, 1.165) is 18.4 Å². The Morgan fingerprint density at radius 2 is 1.61 bits per heavy atom. The molecular weight excluding hydrogens is 418 g/mol. The van der Waals surface area contributed by atoms with Gasteiger partial charge in [0, 0.05) is 11.8 Å². The SMILES string of the molecule is CCOc1ccc(NC(=O)CN(C)CC(=O)NC(c2ccc(C)cc2)C2CC2)cc1OCC. The Balaban J connectivity index is 1.51. The molecule has 3 rings (SSSR count). The molecule has 0 saturated heterocycles. The van der Waals surface area contributed by atoms with E-state index >= 15 is 0 Å². The summed E-state index contributed by atoms with van der Waals surface area (Å²) in [6.45, 7) is 7.14. The van der Waals surface area contributed by atoms with Gasteiger partial charge in [0.15, 0.2) is 11.5 Å². The second-order valence-electron chi connectivity index (χ2n) is 8.54. The summed E-state index contributed by atoms with van der Waals surface area (Å²) in [5.41, 5.74) is 2.96. The van der Waals surface area contributed by atoms with Gasteiger partial charge in [0.1, 0.15) is 0 Å². The van der Waals surface area contributed by atoms with Crippen molar-refractivity contribution < 1.29 is 19.1 Å². The molecule has 1 fully saturated rings. The van der Waals surface area contributed by atoms with Gasteiger partial charge in [0.05, 0.1) is 32.3 Å². The number of hydrogen-bond donors (Lipinski definition) is 2. The van der Waals surface area contributed by atoms with Crippen LogP contribution in [0, 0.1) is 12.8 Å². The number of hydrogen-bond acceptors (Lipinski definition) is 5. The Morgan fingerprint density at radius 1 is 0.970 bits per heavy atom. The molecule has 178 valence electrons. The van der Waals surface area contributed by atoms with E-state index in [9.17, 15) is 9.59 Å². The van der Waals surface area contributed by atoms with Crippen molar-refractivity contribution in [1.29, 1.82) is 0 Å². The highest BCUT2D eigenvalue weighted by molar-refractivity contribution is 5.93. The third-order valence-electron chi connectivity index (χ3n) is 5.50. The quantitative estimate of drug-likeness (QED) is 0.509. The molecule has 1 unspecified atom stereocenters. The summed E-state index contributed by atoms with van der Waals surface area (Å²) in [4.78, 5) is 26.9. The van der Waals surface area contributed by atoms with E-state index in [-0.39, 0.29) is 30.9 Å². The zero-order valence-electron chi connectivity index (χ0n) is 20.0. The fourth-order valence-corrected chi connectivity index (χ4v) is 3.77. The first-order chi connectivity index (χ1) is 15.9. The van der Waals surface area contributed by atoms with Gasteiger partial charge in [0.2, 0.25) is 11.8 Å². The van der Waals surface area contributed by atoms with Crippen molar-refractivity contribution in [3.05, 3.63) is 53.6 Å². The second-order valence-corrected chi connectivity index (χ2v) is 8.54. The van der Waals surface area contributed by atoms with Crippen LogP contribution in [-0.4, -0.2) is 50.1 Å². The summed E-state index contributed by atoms with van der Waals surface area (Å²) < 4.78 is 11.2. The summed E-state index contributed by atoms with van der Waals surface area (Å²) in [6.07, 6.45) is 2.26. The van der Waals surface area contributed by atoms with Gasteiger partial charge in [0.25, 0.3) is 0 Å². The van der Waals surface area contributed by atoms with Crippen LogP contribution in [0.25, 0.3) is 0 Å². The molecule has 2 N–H and O–H groups in total. The Morgan fingerprint density at radius 3 is 2.24 bits per heavy atom. The summed E-state index contributed by atoms with van der Waals surface area (Å²) in [7, 11) is 1.76. The summed E-state index contributed by atoms with van der Waals surface area (Å²) in [5.74, 6) is 1.44. The summed E-state index contributed by atoms with van der Waals surface area (Å²) in [6, 6.07) is 13.7. The molecule has 1 atom stereocenters. The zero-order chi connectivity index (χ0) is 23.8. The van der Waals surface area contributed by atoms with Crippen LogP contribution in [0.2, 0.25) is 0 Å². The Kier molecular flexibility index (Phi) is 8.72. The minimum absolute atomic E-state index is 0.0289. The standard InChI is InChI=1S/C26H35N3O4/c1-5-32-22-14-13-21(15-23(22)33-6-2)27-24(30)16-29(4)17-25(31)28-26(20-11-12-20)19-9-7-18(3)8-10-19/h7-10,13-15,20,26H,5-6,11-12,16-17H2,1-4H3,(H,27,30)(H,28,31). The van der Waals surface area contributed by atoms with Crippen LogP contribution >= 0.6 is 0 Å². The average molecular weight is 454 g/mol. The van der Waals surface area contributed by atoms with Crippen molar-refractivity contribution in [2.75, 3.05) is 38.7 Å². The number of aryl methyl sites for hydroxylation is 1. The van der Waals surface area contributed by atoms with E-state index in [0.29, 0.717) is 36.3 Å². The van der Waals surface area contributed by atoms with E-state index in [2.05, 4.69) is 41.8 Å². The molecule has 7 heteroatoms. The molecule has 1 saturated carbocycles. The molecule has 0 aliphatic heterocycles. The van der Waals surface area contributed by atoms with Gasteiger partial charge < -0.3 is 20.1 Å². The van der Waals surface area contributed by atoms with Crippen molar-refractivity contribution in [3.8, 4) is 11.5 Å². The van der Waals surface area contributed by atoms with Crippen molar-refractivity contribution >= 4 is 17.5 Å². The predicted octanol–water partition coefficient (Wildman–Crippen LogP) is 3.93. The van der Waals surface area contributed by atoms with Crippen molar-refractivity contribution in [3.63, 3.8) is 0 Å². The molecule has 0 radical (unpaired) electrons. The van der Waals surface area contributed by atoms with E-state index in [1.165, 1.54) is 5.56 Å². The van der Waals surface area contributed by atoms with Gasteiger partial charge in [-0.15, -0.1) is 0 Å². The third kappa shape index (κ3) is 7.49. The van der Waals surface area contributed by atoms with Crippen molar-refractivity contribution in [2.45, 2.75) is 39.7 Å².